The first-order valence-corrected chi connectivity index (χ1v) is 1.82. The Morgan fingerprint density at radius 3 is 2.29 bits per heavy atom. The van der Waals surface area contributed by atoms with E-state index in [0.29, 0.717) is 5.57 Å². The van der Waals surface area contributed by atoms with E-state index in [0.717, 1.165) is 0 Å². The number of hydrogen-bond acceptors (Lipinski definition) is 3. The second-order valence-electron chi connectivity index (χ2n) is 1.30. The summed E-state index contributed by atoms with van der Waals surface area (Å²) in [6.07, 6.45) is -1.24. The van der Waals surface area contributed by atoms with Crippen molar-refractivity contribution in [1.82, 2.24) is 0 Å². The molecule has 0 aliphatic rings. The minimum Gasteiger partial charge on any atom is -0.362 e. The maximum Gasteiger partial charge on any atom is 0.210 e. The monoisotopic (exact) mass is 104 g/mol. The molecular weight excluding hydrogens is 96.0 g/mol. The molecule has 0 aromatic heterocycles. The number of aliphatic hydroxyl groups is 1. The zero-order valence-electron chi connectivity index (χ0n) is 4.09. The van der Waals surface area contributed by atoms with Crippen LogP contribution in [0, 0.1) is 0 Å². The van der Waals surface area contributed by atoms with E-state index in [4.69, 9.17) is 10.4 Å². The zero-order chi connectivity index (χ0) is 5.86. The van der Waals surface area contributed by atoms with E-state index in [9.17, 15) is 0 Å². The second-order valence-corrected chi connectivity index (χ2v) is 1.30. The topological polar surface area (TPSA) is 49.7 Å². The van der Waals surface area contributed by atoms with Gasteiger partial charge in [-0.2, -0.15) is 0 Å². The minimum absolute atomic E-state index is 0.377. The van der Waals surface area contributed by atoms with Gasteiger partial charge in [0.05, 0.1) is 0 Å². The molecule has 0 bridgehead atoms. The highest BCUT2D eigenvalue weighted by atomic mass is 17.1. The number of aliphatic hydroxyl groups excluding tert-OH is 1. The first kappa shape index (κ1) is 6.62. The third-order valence-electron chi connectivity index (χ3n) is 0.521. The Labute approximate surface area is 41.8 Å². The first-order valence-electron chi connectivity index (χ1n) is 1.82. The molecule has 0 amide bonds. The molecule has 2 N–H and O–H groups in total. The van der Waals surface area contributed by atoms with Gasteiger partial charge in [0.15, 0.2) is 0 Å². The van der Waals surface area contributed by atoms with Crippen molar-refractivity contribution in [3.05, 3.63) is 12.2 Å². The van der Waals surface area contributed by atoms with Crippen molar-refractivity contribution >= 4 is 0 Å². The lowest BCUT2D eigenvalue weighted by Crippen LogP contribution is -2.08. The molecule has 0 radical (unpaired) electrons. The summed E-state index contributed by atoms with van der Waals surface area (Å²) in [4.78, 5) is 3.47. The summed E-state index contributed by atoms with van der Waals surface area (Å²) in [5, 5.41) is 16.1. The van der Waals surface area contributed by atoms with Crippen molar-refractivity contribution in [3.63, 3.8) is 0 Å². The van der Waals surface area contributed by atoms with Crippen LogP contribution >= 0.6 is 0 Å². The van der Waals surface area contributed by atoms with Crippen molar-refractivity contribution in [1.29, 1.82) is 0 Å². The molecule has 0 spiro atoms. The standard InChI is InChI=1S/C4H8O3/c1-3(2)4(5)7-6/h4-6H,1H2,2H3. The summed E-state index contributed by atoms with van der Waals surface area (Å²) in [6.45, 7) is 4.83. The molecule has 0 saturated carbocycles. The number of rotatable bonds is 2. The average molecular weight is 104 g/mol. The first-order chi connectivity index (χ1) is 3.18. The zero-order valence-corrected chi connectivity index (χ0v) is 4.09. The smallest absolute Gasteiger partial charge is 0.210 e. The highest BCUT2D eigenvalue weighted by molar-refractivity contribution is 4.90. The van der Waals surface area contributed by atoms with Crippen LogP contribution < -0.4 is 0 Å². The van der Waals surface area contributed by atoms with Gasteiger partial charge in [0.25, 0.3) is 0 Å². The Balaban J connectivity index is 3.34. The molecule has 0 aromatic rings. The molecule has 3 heteroatoms. The number of hydrogen-bond donors (Lipinski definition) is 2. The van der Waals surface area contributed by atoms with E-state index < -0.39 is 6.29 Å². The van der Waals surface area contributed by atoms with Crippen LogP contribution in [0.2, 0.25) is 0 Å². The summed E-state index contributed by atoms with van der Waals surface area (Å²) in [5.74, 6) is 0. The molecule has 42 valence electrons. The fourth-order valence-electron chi connectivity index (χ4n) is 0.0900. The van der Waals surface area contributed by atoms with Gasteiger partial charge in [-0.25, -0.2) is 10.1 Å². The lowest BCUT2D eigenvalue weighted by Gasteiger charge is -2.01. The lowest BCUT2D eigenvalue weighted by molar-refractivity contribution is -0.320. The van der Waals surface area contributed by atoms with Gasteiger partial charge in [0.1, 0.15) is 0 Å². The third-order valence-corrected chi connectivity index (χ3v) is 0.521. The average Bonchev–Trinajstić information content (AvgIpc) is 1.65. The fraction of sp³-hybridized carbons (Fsp3) is 0.500. The molecule has 0 fully saturated rings. The molecular formula is C4H8O3. The molecule has 1 atom stereocenters. The van der Waals surface area contributed by atoms with Crippen molar-refractivity contribution in [2.45, 2.75) is 13.2 Å². The lowest BCUT2D eigenvalue weighted by atomic mass is 10.3. The molecule has 0 aliphatic heterocycles. The molecule has 0 aromatic carbocycles. The van der Waals surface area contributed by atoms with Crippen molar-refractivity contribution < 1.29 is 15.3 Å². The summed E-state index contributed by atoms with van der Waals surface area (Å²) in [5.41, 5.74) is 0.377. The Bertz CT molecular complexity index is 69.3. The van der Waals surface area contributed by atoms with Gasteiger partial charge in [0.2, 0.25) is 6.29 Å². The van der Waals surface area contributed by atoms with Crippen LogP contribution in [-0.2, 0) is 4.89 Å². The Kier molecular flexibility index (Phi) is 2.59. The Morgan fingerprint density at radius 1 is 1.86 bits per heavy atom. The molecule has 0 saturated heterocycles. The van der Waals surface area contributed by atoms with Gasteiger partial charge in [-0.3, -0.25) is 0 Å². The summed E-state index contributed by atoms with van der Waals surface area (Å²) < 4.78 is 0. The minimum atomic E-state index is -1.24. The summed E-state index contributed by atoms with van der Waals surface area (Å²) in [6, 6.07) is 0. The van der Waals surface area contributed by atoms with Gasteiger partial charge >= 0.3 is 0 Å². The molecule has 3 nitrogen and oxygen atoms in total. The van der Waals surface area contributed by atoms with Crippen molar-refractivity contribution in [2.24, 2.45) is 0 Å². The second kappa shape index (κ2) is 2.74. The van der Waals surface area contributed by atoms with Gasteiger partial charge < -0.3 is 5.11 Å². The summed E-state index contributed by atoms with van der Waals surface area (Å²) >= 11 is 0. The largest absolute Gasteiger partial charge is 0.362 e. The molecule has 7 heavy (non-hydrogen) atoms. The van der Waals surface area contributed by atoms with E-state index >= 15 is 0 Å². The highest BCUT2D eigenvalue weighted by Gasteiger charge is 1.99. The summed E-state index contributed by atoms with van der Waals surface area (Å²) in [7, 11) is 0. The van der Waals surface area contributed by atoms with Gasteiger partial charge in [-0.1, -0.05) is 6.58 Å². The van der Waals surface area contributed by atoms with Gasteiger partial charge in [-0.15, -0.1) is 0 Å². The van der Waals surface area contributed by atoms with Crippen LogP contribution in [0.4, 0.5) is 0 Å². The Morgan fingerprint density at radius 2 is 2.29 bits per heavy atom. The van der Waals surface area contributed by atoms with Crippen LogP contribution in [0.5, 0.6) is 0 Å². The molecule has 1 unspecified atom stereocenters. The predicted octanol–water partition coefficient (Wildman–Crippen LogP) is 0.370. The van der Waals surface area contributed by atoms with Crippen LogP contribution in [0.3, 0.4) is 0 Å². The van der Waals surface area contributed by atoms with Crippen LogP contribution in [-0.4, -0.2) is 16.7 Å². The predicted molar refractivity (Wildman–Crippen MR) is 24.5 cm³/mol. The maximum atomic E-state index is 8.36. The quantitative estimate of drug-likeness (QED) is 0.230. The van der Waals surface area contributed by atoms with E-state index in [2.05, 4.69) is 11.5 Å². The van der Waals surface area contributed by atoms with Crippen LogP contribution in [0.1, 0.15) is 6.92 Å². The van der Waals surface area contributed by atoms with Gasteiger partial charge in [-0.05, 0) is 12.5 Å². The molecule has 0 heterocycles. The van der Waals surface area contributed by atoms with Gasteiger partial charge in [0, 0.05) is 0 Å². The van der Waals surface area contributed by atoms with Crippen LogP contribution in [0.25, 0.3) is 0 Å². The van der Waals surface area contributed by atoms with E-state index in [1.807, 2.05) is 0 Å². The normalized spacial score (nSPS) is 13.6. The molecule has 0 rings (SSSR count). The fourth-order valence-corrected chi connectivity index (χ4v) is 0.0900. The van der Waals surface area contributed by atoms with E-state index in [-0.39, 0.29) is 0 Å². The Hall–Kier alpha value is -0.380. The van der Waals surface area contributed by atoms with Crippen molar-refractivity contribution in [2.75, 3.05) is 0 Å². The van der Waals surface area contributed by atoms with Crippen LogP contribution in [0.15, 0.2) is 12.2 Å². The SMILES string of the molecule is C=C(C)C(O)OO. The highest BCUT2D eigenvalue weighted by Crippen LogP contribution is 1.94. The maximum absolute atomic E-state index is 8.36. The third kappa shape index (κ3) is 2.33. The van der Waals surface area contributed by atoms with E-state index in [1.165, 1.54) is 0 Å². The molecule has 0 aliphatic carbocycles. The van der Waals surface area contributed by atoms with E-state index in [1.54, 1.807) is 6.92 Å². The van der Waals surface area contributed by atoms with Crippen molar-refractivity contribution in [3.8, 4) is 0 Å².